The van der Waals surface area contributed by atoms with E-state index in [-0.39, 0.29) is 11.9 Å². The Hall–Kier alpha value is -3.21. The number of carbonyl (C=O) groups excluding carboxylic acids is 1. The molecule has 0 fully saturated rings. The summed E-state index contributed by atoms with van der Waals surface area (Å²) < 4.78 is 0. The number of anilines is 1. The summed E-state index contributed by atoms with van der Waals surface area (Å²) >= 11 is 0. The van der Waals surface area contributed by atoms with Crippen LogP contribution in [0.5, 0.6) is 0 Å². The molecule has 5 heteroatoms. The summed E-state index contributed by atoms with van der Waals surface area (Å²) in [5.74, 6) is 0.400. The van der Waals surface area contributed by atoms with Gasteiger partial charge in [-0.2, -0.15) is 0 Å². The van der Waals surface area contributed by atoms with Crippen molar-refractivity contribution in [2.75, 3.05) is 5.32 Å². The molecule has 2 aromatic carbocycles. The molecule has 1 amide bonds. The van der Waals surface area contributed by atoms with Crippen LogP contribution in [0.15, 0.2) is 66.7 Å². The van der Waals surface area contributed by atoms with Crippen LogP contribution in [0.1, 0.15) is 40.1 Å². The number of benzene rings is 2. The molecule has 1 aromatic heterocycles. The molecule has 2 N–H and O–H groups in total. The highest BCUT2D eigenvalue weighted by Gasteiger charge is 2.12. The van der Waals surface area contributed by atoms with Crippen molar-refractivity contribution in [2.24, 2.45) is 0 Å². The van der Waals surface area contributed by atoms with Gasteiger partial charge in [-0.05, 0) is 37.1 Å². The number of rotatable bonds is 6. The smallest absolute Gasteiger partial charge is 0.272 e. The van der Waals surface area contributed by atoms with Crippen molar-refractivity contribution in [3.8, 4) is 0 Å². The number of aromatic nitrogens is 2. The van der Waals surface area contributed by atoms with E-state index < -0.39 is 0 Å². The van der Waals surface area contributed by atoms with Crippen LogP contribution in [0.25, 0.3) is 0 Å². The van der Waals surface area contributed by atoms with E-state index in [0.29, 0.717) is 18.1 Å². The number of hydrogen-bond donors (Lipinski definition) is 2. The summed E-state index contributed by atoms with van der Waals surface area (Å²) in [6, 6.07) is 21.5. The first kappa shape index (κ1) is 17.6. The van der Waals surface area contributed by atoms with Gasteiger partial charge in [0, 0.05) is 6.54 Å². The normalized spacial score (nSPS) is 11.6. The van der Waals surface area contributed by atoms with E-state index in [0.717, 1.165) is 11.1 Å². The van der Waals surface area contributed by atoms with Gasteiger partial charge in [-0.1, -0.05) is 60.2 Å². The minimum Gasteiger partial charge on any atom is -0.365 e. The molecule has 0 spiro atoms. The Morgan fingerprint density at radius 1 is 0.962 bits per heavy atom. The van der Waals surface area contributed by atoms with Gasteiger partial charge in [0.25, 0.3) is 5.91 Å². The highest BCUT2D eigenvalue weighted by molar-refractivity contribution is 5.92. The van der Waals surface area contributed by atoms with Crippen LogP contribution in [0, 0.1) is 6.92 Å². The molecular weight excluding hydrogens is 324 g/mol. The van der Waals surface area contributed by atoms with Gasteiger partial charge in [0.05, 0.1) is 6.04 Å². The first-order valence-corrected chi connectivity index (χ1v) is 8.61. The first-order chi connectivity index (χ1) is 12.6. The average Bonchev–Trinajstić information content (AvgIpc) is 2.68. The lowest BCUT2D eigenvalue weighted by molar-refractivity contribution is 0.0934. The predicted octanol–water partition coefficient (Wildman–Crippen LogP) is 3.89. The third kappa shape index (κ3) is 4.66. The minimum atomic E-state index is -0.237. The van der Waals surface area contributed by atoms with E-state index in [1.807, 2.05) is 37.3 Å². The van der Waals surface area contributed by atoms with Crippen molar-refractivity contribution in [3.63, 3.8) is 0 Å². The van der Waals surface area contributed by atoms with Gasteiger partial charge in [-0.3, -0.25) is 4.79 Å². The van der Waals surface area contributed by atoms with Crippen LogP contribution in [0.2, 0.25) is 0 Å². The Bertz CT molecular complexity index is 845. The SMILES string of the molecule is Cc1ccc(CNc2ccc(C(=O)NC(C)c3ccccc3)nn2)cc1. The van der Waals surface area contributed by atoms with Crippen LogP contribution >= 0.6 is 0 Å². The van der Waals surface area contributed by atoms with Crippen LogP contribution < -0.4 is 10.6 Å². The van der Waals surface area contributed by atoms with Crippen LogP contribution in [0.4, 0.5) is 5.82 Å². The fourth-order valence-electron chi connectivity index (χ4n) is 2.54. The largest absolute Gasteiger partial charge is 0.365 e. The first-order valence-electron chi connectivity index (χ1n) is 8.61. The number of hydrogen-bond acceptors (Lipinski definition) is 4. The van der Waals surface area contributed by atoms with Crippen molar-refractivity contribution < 1.29 is 4.79 Å². The van der Waals surface area contributed by atoms with E-state index in [4.69, 9.17) is 0 Å². The lowest BCUT2D eigenvalue weighted by Gasteiger charge is -2.13. The van der Waals surface area contributed by atoms with Crippen LogP contribution in [-0.4, -0.2) is 16.1 Å². The third-order valence-electron chi connectivity index (χ3n) is 4.14. The molecule has 1 atom stereocenters. The summed E-state index contributed by atoms with van der Waals surface area (Å²) in [5, 5.41) is 14.3. The monoisotopic (exact) mass is 346 g/mol. The van der Waals surface area contributed by atoms with Crippen molar-refractivity contribution in [1.82, 2.24) is 15.5 Å². The van der Waals surface area contributed by atoms with E-state index in [1.54, 1.807) is 12.1 Å². The molecule has 26 heavy (non-hydrogen) atoms. The molecule has 0 saturated heterocycles. The lowest BCUT2D eigenvalue weighted by atomic mass is 10.1. The molecule has 1 unspecified atom stereocenters. The molecule has 3 aromatic rings. The molecule has 0 aliphatic rings. The topological polar surface area (TPSA) is 66.9 Å². The van der Waals surface area contributed by atoms with Gasteiger partial charge in [-0.25, -0.2) is 0 Å². The Labute approximate surface area is 153 Å². The standard InChI is InChI=1S/C21H22N4O/c1-15-8-10-17(11-9-15)14-22-20-13-12-19(24-25-20)21(26)23-16(2)18-6-4-3-5-7-18/h3-13,16H,14H2,1-2H3,(H,22,25)(H,23,26). The Balaban J connectivity index is 1.56. The highest BCUT2D eigenvalue weighted by atomic mass is 16.2. The summed E-state index contributed by atoms with van der Waals surface area (Å²) in [7, 11) is 0. The van der Waals surface area contributed by atoms with Crippen LogP contribution in [0.3, 0.4) is 0 Å². The molecule has 0 aliphatic carbocycles. The van der Waals surface area contributed by atoms with E-state index in [2.05, 4.69) is 52.0 Å². The number of aryl methyl sites for hydroxylation is 1. The van der Waals surface area contributed by atoms with Crippen LogP contribution in [-0.2, 0) is 6.54 Å². The van der Waals surface area contributed by atoms with Gasteiger partial charge in [0.1, 0.15) is 5.82 Å². The third-order valence-corrected chi connectivity index (χ3v) is 4.14. The predicted molar refractivity (Wildman–Crippen MR) is 103 cm³/mol. The quantitative estimate of drug-likeness (QED) is 0.711. The zero-order chi connectivity index (χ0) is 18.4. The molecule has 0 radical (unpaired) electrons. The summed E-state index contributed by atoms with van der Waals surface area (Å²) in [6.45, 7) is 4.66. The maximum Gasteiger partial charge on any atom is 0.272 e. The fraction of sp³-hybridized carbons (Fsp3) is 0.190. The van der Waals surface area contributed by atoms with E-state index >= 15 is 0 Å². The Kier molecular flexibility index (Phi) is 5.59. The van der Waals surface area contributed by atoms with Crippen molar-refractivity contribution >= 4 is 11.7 Å². The second-order valence-corrected chi connectivity index (χ2v) is 6.25. The van der Waals surface area contributed by atoms with Gasteiger partial charge in [-0.15, -0.1) is 10.2 Å². The zero-order valence-electron chi connectivity index (χ0n) is 14.9. The van der Waals surface area contributed by atoms with Gasteiger partial charge >= 0.3 is 0 Å². The molecule has 1 heterocycles. The molecule has 5 nitrogen and oxygen atoms in total. The van der Waals surface area contributed by atoms with Crippen molar-refractivity contribution in [1.29, 1.82) is 0 Å². The fourth-order valence-corrected chi connectivity index (χ4v) is 2.54. The second kappa shape index (κ2) is 8.25. The Morgan fingerprint density at radius 3 is 2.35 bits per heavy atom. The molecule has 0 saturated carbocycles. The zero-order valence-corrected chi connectivity index (χ0v) is 14.9. The summed E-state index contributed by atoms with van der Waals surface area (Å²) in [6.07, 6.45) is 0. The number of carbonyl (C=O) groups is 1. The summed E-state index contributed by atoms with van der Waals surface area (Å²) in [4.78, 5) is 12.3. The van der Waals surface area contributed by atoms with Gasteiger partial charge < -0.3 is 10.6 Å². The maximum atomic E-state index is 12.3. The maximum absolute atomic E-state index is 12.3. The minimum absolute atomic E-state index is 0.0927. The lowest BCUT2D eigenvalue weighted by Crippen LogP contribution is -2.27. The Morgan fingerprint density at radius 2 is 1.69 bits per heavy atom. The number of amides is 1. The average molecular weight is 346 g/mol. The van der Waals surface area contributed by atoms with Gasteiger partial charge in [0.2, 0.25) is 0 Å². The molecule has 0 bridgehead atoms. The second-order valence-electron chi connectivity index (χ2n) is 6.25. The van der Waals surface area contributed by atoms with Crippen molar-refractivity contribution in [3.05, 3.63) is 89.1 Å². The van der Waals surface area contributed by atoms with E-state index in [1.165, 1.54) is 5.56 Å². The molecule has 3 rings (SSSR count). The molecule has 132 valence electrons. The van der Waals surface area contributed by atoms with Gasteiger partial charge in [0.15, 0.2) is 5.69 Å². The summed E-state index contributed by atoms with van der Waals surface area (Å²) in [5.41, 5.74) is 3.74. The van der Waals surface area contributed by atoms with E-state index in [9.17, 15) is 4.79 Å². The number of nitrogens with zero attached hydrogens (tertiary/aromatic N) is 2. The highest BCUT2D eigenvalue weighted by Crippen LogP contribution is 2.12. The molecular formula is C21H22N4O. The number of nitrogens with one attached hydrogen (secondary N) is 2. The van der Waals surface area contributed by atoms with Crippen molar-refractivity contribution in [2.45, 2.75) is 26.4 Å². The molecule has 0 aliphatic heterocycles.